The Balaban J connectivity index is 1.43. The van der Waals surface area contributed by atoms with Crippen molar-refractivity contribution < 1.29 is 14.4 Å². The van der Waals surface area contributed by atoms with Crippen molar-refractivity contribution in [3.05, 3.63) is 105 Å². The molecule has 5 rings (SSSR count). The van der Waals surface area contributed by atoms with E-state index in [1.165, 1.54) is 0 Å². The highest BCUT2D eigenvalue weighted by molar-refractivity contribution is 8.18. The van der Waals surface area contributed by atoms with Gasteiger partial charge < -0.3 is 9.88 Å². The third-order valence-corrected chi connectivity index (χ3v) is 7.61. The van der Waals surface area contributed by atoms with Gasteiger partial charge in [-0.05, 0) is 79.6 Å². The molecule has 8 heteroatoms. The zero-order valence-corrected chi connectivity index (χ0v) is 22.6. The first-order valence-corrected chi connectivity index (χ1v) is 13.3. The van der Waals surface area contributed by atoms with E-state index in [4.69, 9.17) is 0 Å². The number of hydrogen-bond acceptors (Lipinski definition) is 5. The van der Waals surface area contributed by atoms with Crippen LogP contribution in [-0.4, -0.2) is 33.1 Å². The Morgan fingerprint density at radius 1 is 1.00 bits per heavy atom. The molecule has 194 valence electrons. The van der Waals surface area contributed by atoms with Gasteiger partial charge in [-0.15, -0.1) is 0 Å². The van der Waals surface area contributed by atoms with E-state index in [2.05, 4.69) is 16.0 Å². The molecule has 2 heterocycles. The monoisotopic (exact) mass is 534 g/mol. The van der Waals surface area contributed by atoms with Crippen LogP contribution in [0.5, 0.6) is 0 Å². The number of para-hydroxylation sites is 1. The molecule has 1 aromatic heterocycles. The van der Waals surface area contributed by atoms with Gasteiger partial charge >= 0.3 is 0 Å². The fraction of sp³-hybridized carbons (Fsp3) is 0.161. The molecule has 7 nitrogen and oxygen atoms in total. The Morgan fingerprint density at radius 2 is 1.69 bits per heavy atom. The van der Waals surface area contributed by atoms with Gasteiger partial charge in [-0.1, -0.05) is 42.5 Å². The van der Waals surface area contributed by atoms with Crippen LogP contribution in [0.3, 0.4) is 0 Å². The summed E-state index contributed by atoms with van der Waals surface area (Å²) in [6.45, 7) is 5.96. The number of carbonyl (C=O) groups is 3. The maximum absolute atomic E-state index is 13.2. The Morgan fingerprint density at radius 3 is 2.44 bits per heavy atom. The zero-order valence-electron chi connectivity index (χ0n) is 21.8. The molecule has 1 N–H and O–H groups in total. The number of nitrogens with zero attached hydrogens (tertiary/aromatic N) is 3. The Labute approximate surface area is 230 Å². The molecule has 4 aromatic rings. The van der Waals surface area contributed by atoms with E-state index in [9.17, 15) is 19.6 Å². The zero-order chi connectivity index (χ0) is 27.7. The van der Waals surface area contributed by atoms with Gasteiger partial charge in [-0.25, -0.2) is 0 Å². The standard InChI is InChI=1S/C31H26N4O3S/c1-19-12-20(2)14-24(13-19)33-29(36)18-35-30(37)28(39-31(35)38)15-26-21(3)34(27-11-7-6-10-25(26)27)17-23-9-5-4-8-22(23)16-32/h4-15H,17-18H2,1-3H3,(H,33,36)/b28-15-. The van der Waals surface area contributed by atoms with E-state index in [-0.39, 0.29) is 11.4 Å². The lowest BCUT2D eigenvalue weighted by Gasteiger charge is -2.13. The number of aryl methyl sites for hydroxylation is 2. The molecule has 1 aliphatic heterocycles. The second kappa shape index (κ2) is 10.6. The summed E-state index contributed by atoms with van der Waals surface area (Å²) in [6, 6.07) is 23.2. The van der Waals surface area contributed by atoms with Gasteiger partial charge in [-0.2, -0.15) is 5.26 Å². The molecule has 0 radical (unpaired) electrons. The first-order chi connectivity index (χ1) is 18.7. The summed E-state index contributed by atoms with van der Waals surface area (Å²) in [7, 11) is 0. The molecule has 0 spiro atoms. The third-order valence-electron chi connectivity index (χ3n) is 6.70. The van der Waals surface area contributed by atoms with Crippen LogP contribution in [0.25, 0.3) is 17.0 Å². The largest absolute Gasteiger partial charge is 0.340 e. The summed E-state index contributed by atoms with van der Waals surface area (Å²) >= 11 is 0.833. The minimum Gasteiger partial charge on any atom is -0.340 e. The van der Waals surface area contributed by atoms with Crippen LogP contribution in [0.2, 0.25) is 0 Å². The second-order valence-corrected chi connectivity index (χ2v) is 10.6. The number of benzene rings is 3. The van der Waals surface area contributed by atoms with Crippen molar-refractivity contribution in [2.45, 2.75) is 27.3 Å². The lowest BCUT2D eigenvalue weighted by Crippen LogP contribution is -2.36. The van der Waals surface area contributed by atoms with Crippen LogP contribution >= 0.6 is 11.8 Å². The average molecular weight is 535 g/mol. The van der Waals surface area contributed by atoms with Crippen LogP contribution in [0, 0.1) is 32.1 Å². The summed E-state index contributed by atoms with van der Waals surface area (Å²) in [6.07, 6.45) is 1.73. The molecular weight excluding hydrogens is 508 g/mol. The number of thioether (sulfide) groups is 1. The maximum atomic E-state index is 13.2. The Kier molecular flexibility index (Phi) is 7.09. The Bertz CT molecular complexity index is 1710. The van der Waals surface area contributed by atoms with Gasteiger partial charge in [0.1, 0.15) is 6.54 Å². The van der Waals surface area contributed by atoms with E-state index in [0.717, 1.165) is 55.5 Å². The molecule has 3 aromatic carbocycles. The fourth-order valence-corrected chi connectivity index (χ4v) is 5.76. The Hall–Kier alpha value is -4.61. The van der Waals surface area contributed by atoms with Crippen molar-refractivity contribution in [2.24, 2.45) is 0 Å². The van der Waals surface area contributed by atoms with E-state index in [0.29, 0.717) is 17.8 Å². The van der Waals surface area contributed by atoms with Gasteiger partial charge in [0.05, 0.1) is 16.5 Å². The van der Waals surface area contributed by atoms with Crippen molar-refractivity contribution >= 4 is 51.5 Å². The number of imide groups is 1. The highest BCUT2D eigenvalue weighted by Gasteiger charge is 2.36. The third kappa shape index (κ3) is 5.22. The van der Waals surface area contributed by atoms with E-state index >= 15 is 0 Å². The summed E-state index contributed by atoms with van der Waals surface area (Å²) in [5.41, 5.74) is 6.83. The highest BCUT2D eigenvalue weighted by Crippen LogP contribution is 2.36. The van der Waals surface area contributed by atoms with Crippen LogP contribution in [0.4, 0.5) is 10.5 Å². The molecule has 0 unspecified atom stereocenters. The second-order valence-electron chi connectivity index (χ2n) is 9.56. The topological polar surface area (TPSA) is 95.2 Å². The molecule has 0 aliphatic carbocycles. The summed E-state index contributed by atoms with van der Waals surface area (Å²) < 4.78 is 2.11. The van der Waals surface area contributed by atoms with Gasteiger partial charge in [0.25, 0.3) is 11.1 Å². The van der Waals surface area contributed by atoms with Gasteiger partial charge in [-0.3, -0.25) is 19.3 Å². The van der Waals surface area contributed by atoms with Crippen molar-refractivity contribution in [2.75, 3.05) is 11.9 Å². The van der Waals surface area contributed by atoms with Crippen molar-refractivity contribution in [1.82, 2.24) is 9.47 Å². The fourth-order valence-electron chi connectivity index (χ4n) is 4.94. The summed E-state index contributed by atoms with van der Waals surface area (Å²) in [5.74, 6) is -0.931. The highest BCUT2D eigenvalue weighted by atomic mass is 32.2. The number of nitrogens with one attached hydrogen (secondary N) is 1. The lowest BCUT2D eigenvalue weighted by molar-refractivity contribution is -0.127. The number of anilines is 1. The van der Waals surface area contributed by atoms with Crippen LogP contribution in [0.1, 0.15) is 33.5 Å². The lowest BCUT2D eigenvalue weighted by atomic mass is 10.1. The molecule has 1 aliphatic rings. The molecule has 0 saturated carbocycles. The van der Waals surface area contributed by atoms with Crippen molar-refractivity contribution in [3.63, 3.8) is 0 Å². The van der Waals surface area contributed by atoms with Crippen molar-refractivity contribution in [1.29, 1.82) is 5.26 Å². The van der Waals surface area contributed by atoms with Crippen LogP contribution < -0.4 is 5.32 Å². The molecule has 39 heavy (non-hydrogen) atoms. The SMILES string of the molecule is Cc1cc(C)cc(NC(=O)CN2C(=O)S/C(=C\c3c(C)n(Cc4ccccc4C#N)c4ccccc34)C2=O)c1. The summed E-state index contributed by atoms with van der Waals surface area (Å²) in [4.78, 5) is 39.9. The predicted octanol–water partition coefficient (Wildman–Crippen LogP) is 6.16. The van der Waals surface area contributed by atoms with E-state index < -0.39 is 17.1 Å². The average Bonchev–Trinajstić information content (AvgIpc) is 3.31. The predicted molar refractivity (Wildman–Crippen MR) is 154 cm³/mol. The first kappa shape index (κ1) is 26.0. The van der Waals surface area contributed by atoms with Gasteiger partial charge in [0.15, 0.2) is 0 Å². The number of hydrogen-bond donors (Lipinski definition) is 1. The molecule has 0 atom stereocenters. The minimum absolute atomic E-state index is 0.266. The number of carbonyl (C=O) groups excluding carboxylic acids is 3. The molecule has 1 saturated heterocycles. The van der Waals surface area contributed by atoms with E-state index in [1.807, 2.05) is 81.4 Å². The summed E-state index contributed by atoms with van der Waals surface area (Å²) in [5, 5.41) is 12.8. The first-order valence-electron chi connectivity index (χ1n) is 12.4. The van der Waals surface area contributed by atoms with Crippen molar-refractivity contribution in [3.8, 4) is 6.07 Å². The quantitative estimate of drug-likeness (QED) is 0.299. The van der Waals surface area contributed by atoms with Gasteiger partial charge in [0.2, 0.25) is 5.91 Å². The number of fused-ring (bicyclic) bond motifs is 1. The van der Waals surface area contributed by atoms with Crippen LogP contribution in [-0.2, 0) is 16.1 Å². The van der Waals surface area contributed by atoms with Crippen LogP contribution in [0.15, 0.2) is 71.6 Å². The number of nitriles is 1. The number of aromatic nitrogens is 1. The number of amides is 3. The molecule has 0 bridgehead atoms. The normalized spacial score (nSPS) is 14.3. The minimum atomic E-state index is -0.494. The van der Waals surface area contributed by atoms with Gasteiger partial charge in [0, 0.05) is 34.4 Å². The molecule has 3 amide bonds. The molecular formula is C31H26N4O3S. The smallest absolute Gasteiger partial charge is 0.294 e. The number of rotatable bonds is 6. The van der Waals surface area contributed by atoms with E-state index in [1.54, 1.807) is 12.1 Å². The maximum Gasteiger partial charge on any atom is 0.294 e. The molecule has 1 fully saturated rings.